The van der Waals surface area contributed by atoms with Crippen molar-refractivity contribution < 1.29 is 24.2 Å². The number of benzene rings is 2. The second kappa shape index (κ2) is 8.40. The number of hydrogen-bond acceptors (Lipinski definition) is 5. The van der Waals surface area contributed by atoms with Crippen molar-refractivity contribution in [1.29, 1.82) is 0 Å². The van der Waals surface area contributed by atoms with E-state index in [1.807, 2.05) is 0 Å². The smallest absolute Gasteiger partial charge is 0.339 e. The van der Waals surface area contributed by atoms with Gasteiger partial charge in [-0.1, -0.05) is 24.3 Å². The number of thiol groups is 1. The van der Waals surface area contributed by atoms with Gasteiger partial charge < -0.3 is 14.6 Å². The van der Waals surface area contributed by atoms with Gasteiger partial charge in [0, 0.05) is 0 Å². The molecule has 0 aliphatic carbocycles. The van der Waals surface area contributed by atoms with Gasteiger partial charge in [-0.25, -0.2) is 9.59 Å². The van der Waals surface area contributed by atoms with E-state index in [0.29, 0.717) is 29.1 Å². The Hall–Kier alpha value is -2.47. The fourth-order valence-electron chi connectivity index (χ4n) is 2.28. The maximum atomic E-state index is 11.5. The molecule has 0 radical (unpaired) electrons. The minimum atomic E-state index is -1.02. The van der Waals surface area contributed by atoms with Crippen LogP contribution in [-0.4, -0.2) is 29.9 Å². The first-order chi connectivity index (χ1) is 11.6. The van der Waals surface area contributed by atoms with Crippen LogP contribution >= 0.6 is 12.6 Å². The number of carbonyl (C=O) groups excluding carboxylic acids is 1. The topological polar surface area (TPSA) is 72.8 Å². The van der Waals surface area contributed by atoms with E-state index >= 15 is 0 Å². The number of ether oxygens (including phenoxy) is 2. The molecule has 0 bridgehead atoms. The number of methoxy groups -OCH3 is 1. The molecule has 0 aromatic heterocycles. The van der Waals surface area contributed by atoms with Gasteiger partial charge in [-0.15, -0.1) is 0 Å². The Morgan fingerprint density at radius 2 is 1.83 bits per heavy atom. The zero-order valence-electron chi connectivity index (χ0n) is 13.2. The molecule has 6 heteroatoms. The molecule has 2 rings (SSSR count). The van der Waals surface area contributed by atoms with Crippen molar-refractivity contribution in [1.82, 2.24) is 0 Å². The first-order valence-electron chi connectivity index (χ1n) is 7.33. The van der Waals surface area contributed by atoms with E-state index in [9.17, 15) is 14.7 Å². The first kappa shape index (κ1) is 17.9. The van der Waals surface area contributed by atoms with Crippen molar-refractivity contribution in [3.05, 3.63) is 64.7 Å². The molecule has 2 aromatic rings. The molecule has 0 heterocycles. The molecule has 126 valence electrons. The van der Waals surface area contributed by atoms with Gasteiger partial charge in [0.05, 0.1) is 12.7 Å². The molecule has 5 nitrogen and oxygen atoms in total. The third-order valence-electron chi connectivity index (χ3n) is 3.48. The Labute approximate surface area is 145 Å². The maximum absolute atomic E-state index is 11.5. The first-order valence-corrected chi connectivity index (χ1v) is 7.96. The summed E-state index contributed by atoms with van der Waals surface area (Å²) in [4.78, 5) is 22.9. The van der Waals surface area contributed by atoms with Crippen molar-refractivity contribution >= 4 is 24.6 Å². The minimum Gasteiger partial charge on any atom is -0.488 e. The van der Waals surface area contributed by atoms with Crippen LogP contribution < -0.4 is 4.74 Å². The Kier molecular flexibility index (Phi) is 6.26. The second-order valence-electron chi connectivity index (χ2n) is 5.05. The van der Waals surface area contributed by atoms with E-state index in [1.54, 1.807) is 42.5 Å². The molecule has 0 unspecified atom stereocenters. The molecular weight excluding hydrogens is 328 g/mol. The van der Waals surface area contributed by atoms with Crippen molar-refractivity contribution in [2.24, 2.45) is 0 Å². The molecule has 0 spiro atoms. The van der Waals surface area contributed by atoms with Gasteiger partial charge >= 0.3 is 11.9 Å². The summed E-state index contributed by atoms with van der Waals surface area (Å²) in [5.74, 6) is -0.559. The van der Waals surface area contributed by atoms with Crippen molar-refractivity contribution in [3.63, 3.8) is 0 Å². The van der Waals surface area contributed by atoms with Crippen LogP contribution in [0.4, 0.5) is 0 Å². The van der Waals surface area contributed by atoms with E-state index in [2.05, 4.69) is 17.4 Å². The highest BCUT2D eigenvalue weighted by Gasteiger charge is 2.16. The summed E-state index contributed by atoms with van der Waals surface area (Å²) in [5, 5.41) is 9.44. The van der Waals surface area contributed by atoms with Gasteiger partial charge in [-0.3, -0.25) is 0 Å². The van der Waals surface area contributed by atoms with Crippen LogP contribution in [0, 0.1) is 0 Å². The summed E-state index contributed by atoms with van der Waals surface area (Å²) in [5.41, 5.74) is 2.12. The predicted molar refractivity (Wildman–Crippen MR) is 93.1 cm³/mol. The number of esters is 1. The van der Waals surface area contributed by atoms with Gasteiger partial charge in [0.1, 0.15) is 17.9 Å². The average Bonchev–Trinajstić information content (AvgIpc) is 2.59. The van der Waals surface area contributed by atoms with Crippen molar-refractivity contribution in [2.75, 3.05) is 12.9 Å². The Morgan fingerprint density at radius 1 is 1.12 bits per heavy atom. The monoisotopic (exact) mass is 346 g/mol. The van der Waals surface area contributed by atoms with Gasteiger partial charge in [0.25, 0.3) is 0 Å². The summed E-state index contributed by atoms with van der Waals surface area (Å²) in [7, 11) is 1.32. The average molecular weight is 346 g/mol. The molecule has 0 amide bonds. The molecule has 1 N–H and O–H groups in total. The van der Waals surface area contributed by atoms with Crippen LogP contribution in [0.3, 0.4) is 0 Å². The molecule has 0 atom stereocenters. The number of rotatable bonds is 7. The number of carbonyl (C=O) groups is 2. The predicted octanol–water partition coefficient (Wildman–Crippen LogP) is 3.22. The van der Waals surface area contributed by atoms with Crippen LogP contribution in [0.5, 0.6) is 5.75 Å². The van der Waals surface area contributed by atoms with Crippen LogP contribution in [0.15, 0.2) is 42.5 Å². The molecule has 0 saturated carbocycles. The normalized spacial score (nSPS) is 10.2. The van der Waals surface area contributed by atoms with Crippen LogP contribution in [0.1, 0.15) is 31.8 Å². The quantitative estimate of drug-likeness (QED) is 0.595. The Morgan fingerprint density at radius 3 is 2.42 bits per heavy atom. The lowest BCUT2D eigenvalue weighted by Crippen LogP contribution is -2.08. The van der Waals surface area contributed by atoms with Crippen LogP contribution in [-0.2, 0) is 17.8 Å². The molecule has 0 saturated heterocycles. The molecule has 0 aliphatic rings. The van der Waals surface area contributed by atoms with E-state index in [1.165, 1.54) is 7.11 Å². The standard InChI is InChI=1S/C18H18O5S/c1-22-18(21)14-7-5-12(6-8-14)11-23-15-4-2-3-13(9-10-24)16(15)17(19)20/h2-8,24H,9-11H2,1H3,(H,19,20). The molecule has 0 aliphatic heterocycles. The highest BCUT2D eigenvalue weighted by Crippen LogP contribution is 2.24. The highest BCUT2D eigenvalue weighted by molar-refractivity contribution is 7.80. The summed E-state index contributed by atoms with van der Waals surface area (Å²) >= 11 is 4.15. The van der Waals surface area contributed by atoms with Crippen molar-refractivity contribution in [3.8, 4) is 5.75 Å². The summed E-state index contributed by atoms with van der Waals surface area (Å²) in [6.45, 7) is 0.200. The largest absolute Gasteiger partial charge is 0.488 e. The highest BCUT2D eigenvalue weighted by atomic mass is 32.1. The number of hydrogen-bond donors (Lipinski definition) is 2. The third kappa shape index (κ3) is 4.29. The Bertz CT molecular complexity index is 725. The van der Waals surface area contributed by atoms with Gasteiger partial charge in [-0.2, -0.15) is 12.6 Å². The van der Waals surface area contributed by atoms with Crippen molar-refractivity contribution in [2.45, 2.75) is 13.0 Å². The lowest BCUT2D eigenvalue weighted by atomic mass is 10.0. The van der Waals surface area contributed by atoms with Crippen LogP contribution in [0.25, 0.3) is 0 Å². The zero-order chi connectivity index (χ0) is 17.5. The number of carboxylic acids is 1. The summed E-state index contributed by atoms with van der Waals surface area (Å²) < 4.78 is 10.3. The maximum Gasteiger partial charge on any atom is 0.339 e. The lowest BCUT2D eigenvalue weighted by Gasteiger charge is -2.12. The third-order valence-corrected chi connectivity index (χ3v) is 3.70. The van der Waals surface area contributed by atoms with Gasteiger partial charge in [0.2, 0.25) is 0 Å². The minimum absolute atomic E-state index is 0.165. The van der Waals surface area contributed by atoms with E-state index in [-0.39, 0.29) is 12.2 Å². The number of aryl methyl sites for hydroxylation is 1. The summed E-state index contributed by atoms with van der Waals surface area (Å²) in [6.07, 6.45) is 0.551. The summed E-state index contributed by atoms with van der Waals surface area (Å²) in [6, 6.07) is 11.9. The second-order valence-corrected chi connectivity index (χ2v) is 5.49. The molecule has 2 aromatic carbocycles. The number of aromatic carboxylic acids is 1. The number of carboxylic acid groups (broad SMARTS) is 1. The molecular formula is C18H18O5S. The van der Waals surface area contributed by atoms with Gasteiger partial charge in [0.15, 0.2) is 0 Å². The fourth-order valence-corrected chi connectivity index (χ4v) is 2.53. The zero-order valence-corrected chi connectivity index (χ0v) is 14.1. The molecule has 24 heavy (non-hydrogen) atoms. The fraction of sp³-hybridized carbons (Fsp3) is 0.222. The lowest BCUT2D eigenvalue weighted by molar-refractivity contribution is 0.0599. The Balaban J connectivity index is 2.15. The van der Waals surface area contributed by atoms with Crippen LogP contribution in [0.2, 0.25) is 0 Å². The van der Waals surface area contributed by atoms with E-state index in [0.717, 1.165) is 5.56 Å². The van der Waals surface area contributed by atoms with Gasteiger partial charge in [-0.05, 0) is 41.5 Å². The van der Waals surface area contributed by atoms with E-state index in [4.69, 9.17) is 4.74 Å². The molecule has 0 fully saturated rings. The van der Waals surface area contributed by atoms with E-state index < -0.39 is 11.9 Å². The SMILES string of the molecule is COC(=O)c1ccc(COc2cccc(CCS)c2C(=O)O)cc1.